The highest BCUT2D eigenvalue weighted by atomic mass is 32.1. The van der Waals surface area contributed by atoms with Crippen molar-refractivity contribution in [2.75, 3.05) is 32.8 Å². The number of aliphatic hydroxyl groups is 1. The molecule has 0 radical (unpaired) electrons. The molecule has 1 amide bonds. The lowest BCUT2D eigenvalue weighted by Crippen LogP contribution is -2.41. The van der Waals surface area contributed by atoms with Crippen molar-refractivity contribution in [1.82, 2.24) is 20.9 Å². The first-order chi connectivity index (χ1) is 13.2. The Kier molecular flexibility index (Phi) is 8.73. The van der Waals surface area contributed by atoms with Crippen LogP contribution in [0.3, 0.4) is 0 Å². The van der Waals surface area contributed by atoms with Gasteiger partial charge in [0.1, 0.15) is 4.88 Å². The third-order valence-electron chi connectivity index (χ3n) is 3.96. The first kappa shape index (κ1) is 20.9. The van der Waals surface area contributed by atoms with Gasteiger partial charge in [0.25, 0.3) is 5.91 Å². The Morgan fingerprint density at radius 2 is 1.96 bits per heavy atom. The molecule has 0 saturated carbocycles. The fourth-order valence-corrected chi connectivity index (χ4v) is 3.21. The minimum atomic E-state index is -0.108. The van der Waals surface area contributed by atoms with Gasteiger partial charge in [-0.1, -0.05) is 30.3 Å². The molecule has 0 aliphatic rings. The highest BCUT2D eigenvalue weighted by Gasteiger charge is 2.11. The molecule has 0 fully saturated rings. The summed E-state index contributed by atoms with van der Waals surface area (Å²) < 4.78 is 0. The quantitative estimate of drug-likeness (QED) is 0.296. The normalized spacial score (nSPS) is 12.5. The van der Waals surface area contributed by atoms with E-state index in [0.29, 0.717) is 30.5 Å². The first-order valence-electron chi connectivity index (χ1n) is 9.02. The van der Waals surface area contributed by atoms with E-state index < -0.39 is 0 Å². The van der Waals surface area contributed by atoms with Gasteiger partial charge in [-0.05, 0) is 19.4 Å². The molecule has 0 spiro atoms. The molecule has 2 rings (SSSR count). The highest BCUT2D eigenvalue weighted by molar-refractivity contribution is 7.11. The maximum absolute atomic E-state index is 12.1. The third kappa shape index (κ3) is 6.65. The van der Waals surface area contributed by atoms with Crippen molar-refractivity contribution in [3.63, 3.8) is 0 Å². The van der Waals surface area contributed by atoms with E-state index in [1.807, 2.05) is 44.2 Å². The maximum Gasteiger partial charge on any atom is 0.263 e. The topological polar surface area (TPSA) is 98.6 Å². The van der Waals surface area contributed by atoms with Gasteiger partial charge in [0.05, 0.1) is 24.4 Å². The van der Waals surface area contributed by atoms with Crippen LogP contribution in [0.5, 0.6) is 0 Å². The number of aliphatic imine (C=N–C) groups is 1. The molecule has 1 aromatic heterocycles. The lowest BCUT2D eigenvalue weighted by molar-refractivity contribution is 0.0957. The van der Waals surface area contributed by atoms with Gasteiger partial charge >= 0.3 is 0 Å². The van der Waals surface area contributed by atoms with Crippen molar-refractivity contribution in [3.05, 3.63) is 52.0 Å². The monoisotopic (exact) mass is 389 g/mol. The summed E-state index contributed by atoms with van der Waals surface area (Å²) >= 11 is 1.34. The van der Waals surface area contributed by atoms with Gasteiger partial charge < -0.3 is 21.1 Å². The molecule has 1 aromatic carbocycles. The zero-order chi connectivity index (χ0) is 19.5. The molecule has 0 aliphatic heterocycles. The molecule has 27 heavy (non-hydrogen) atoms. The number of nitrogens with zero attached hydrogens (tertiary/aromatic N) is 2. The van der Waals surface area contributed by atoms with Crippen LogP contribution in [-0.4, -0.2) is 54.7 Å². The summed E-state index contributed by atoms with van der Waals surface area (Å²) in [5.41, 5.74) is 3.48. The third-order valence-corrected chi connectivity index (χ3v) is 4.89. The number of hydrogen-bond donors (Lipinski definition) is 4. The predicted octanol–water partition coefficient (Wildman–Crippen LogP) is 1.51. The average Bonchev–Trinajstić information content (AvgIpc) is 3.12. The number of amides is 1. The number of rotatable bonds is 9. The molecule has 0 aliphatic carbocycles. The molecule has 7 nitrogen and oxygen atoms in total. The number of aromatic nitrogens is 1. The fourth-order valence-electron chi connectivity index (χ4n) is 2.49. The van der Waals surface area contributed by atoms with Crippen LogP contribution >= 0.6 is 11.3 Å². The largest absolute Gasteiger partial charge is 0.396 e. The zero-order valence-corrected chi connectivity index (χ0v) is 16.6. The van der Waals surface area contributed by atoms with Crippen LogP contribution in [0.4, 0.5) is 0 Å². The Hall–Kier alpha value is -2.45. The zero-order valence-electron chi connectivity index (χ0n) is 15.7. The number of guanidine groups is 1. The van der Waals surface area contributed by atoms with Gasteiger partial charge in [-0.15, -0.1) is 11.3 Å². The minimum Gasteiger partial charge on any atom is -0.396 e. The van der Waals surface area contributed by atoms with E-state index in [1.165, 1.54) is 11.3 Å². The molecule has 1 heterocycles. The summed E-state index contributed by atoms with van der Waals surface area (Å²) in [7, 11) is 0. The number of carbonyl (C=O) groups excluding carboxylic acids is 1. The Labute approximate surface area is 163 Å². The highest BCUT2D eigenvalue weighted by Crippen LogP contribution is 2.15. The second kappa shape index (κ2) is 11.3. The van der Waals surface area contributed by atoms with Crippen molar-refractivity contribution in [2.45, 2.75) is 19.8 Å². The number of carbonyl (C=O) groups is 1. The Morgan fingerprint density at radius 1 is 1.22 bits per heavy atom. The summed E-state index contributed by atoms with van der Waals surface area (Å²) in [6, 6.07) is 9.85. The molecule has 8 heteroatoms. The van der Waals surface area contributed by atoms with Crippen LogP contribution in [0.2, 0.25) is 0 Å². The number of nitrogens with one attached hydrogen (secondary N) is 3. The number of hydrogen-bond acceptors (Lipinski definition) is 5. The molecule has 1 atom stereocenters. The van der Waals surface area contributed by atoms with Crippen molar-refractivity contribution in [2.24, 2.45) is 4.99 Å². The SMILES string of the molecule is CCNC(=NCC(CO)c1ccccc1)NCCNC(=O)c1scnc1C. The first-order valence-corrected chi connectivity index (χ1v) is 9.90. The molecule has 4 N–H and O–H groups in total. The fraction of sp³-hybridized carbons (Fsp3) is 0.421. The molecule has 146 valence electrons. The van der Waals surface area contributed by atoms with Gasteiger partial charge in [-0.3, -0.25) is 9.79 Å². The van der Waals surface area contributed by atoms with Crippen molar-refractivity contribution >= 4 is 23.2 Å². The molecule has 1 unspecified atom stereocenters. The lowest BCUT2D eigenvalue weighted by atomic mass is 10.0. The van der Waals surface area contributed by atoms with Crippen LogP contribution < -0.4 is 16.0 Å². The Balaban J connectivity index is 1.82. The van der Waals surface area contributed by atoms with Crippen LogP contribution in [0, 0.1) is 6.92 Å². The second-order valence-electron chi connectivity index (χ2n) is 5.96. The van der Waals surface area contributed by atoms with Crippen molar-refractivity contribution < 1.29 is 9.90 Å². The smallest absolute Gasteiger partial charge is 0.263 e. The van der Waals surface area contributed by atoms with Crippen LogP contribution in [0.1, 0.15) is 33.8 Å². The van der Waals surface area contributed by atoms with Gasteiger partial charge in [0.15, 0.2) is 5.96 Å². The molecular weight excluding hydrogens is 362 g/mol. The average molecular weight is 390 g/mol. The Bertz CT molecular complexity index is 733. The lowest BCUT2D eigenvalue weighted by Gasteiger charge is -2.15. The van der Waals surface area contributed by atoms with Crippen LogP contribution in [-0.2, 0) is 0 Å². The number of thiazole rings is 1. The van der Waals surface area contributed by atoms with Crippen molar-refractivity contribution in [1.29, 1.82) is 0 Å². The number of benzene rings is 1. The second-order valence-corrected chi connectivity index (χ2v) is 6.81. The van der Waals surface area contributed by atoms with E-state index in [2.05, 4.69) is 25.9 Å². The van der Waals surface area contributed by atoms with Gasteiger partial charge in [-0.2, -0.15) is 0 Å². The predicted molar refractivity (Wildman–Crippen MR) is 109 cm³/mol. The van der Waals surface area contributed by atoms with E-state index in [9.17, 15) is 9.90 Å². The summed E-state index contributed by atoms with van der Waals surface area (Å²) in [5, 5.41) is 18.9. The number of aryl methyl sites for hydroxylation is 1. The van der Waals surface area contributed by atoms with Crippen LogP contribution in [0.25, 0.3) is 0 Å². The number of aliphatic hydroxyl groups excluding tert-OH is 1. The summed E-state index contributed by atoms with van der Waals surface area (Å²) in [6.07, 6.45) is 0. The molecular formula is C19H27N5O2S. The Morgan fingerprint density at radius 3 is 2.59 bits per heavy atom. The molecule has 0 bridgehead atoms. The van der Waals surface area contributed by atoms with Crippen molar-refractivity contribution in [3.8, 4) is 0 Å². The summed E-state index contributed by atoms with van der Waals surface area (Å²) in [6.45, 7) is 6.08. The van der Waals surface area contributed by atoms with Crippen LogP contribution in [0.15, 0.2) is 40.8 Å². The minimum absolute atomic E-state index is 0.0389. The maximum atomic E-state index is 12.1. The standard InChI is InChI=1S/C19H27N5O2S/c1-3-20-19(23-11-16(12-25)15-7-5-4-6-8-15)22-10-9-21-18(26)17-14(2)24-13-27-17/h4-8,13,16,25H,3,9-12H2,1-2H3,(H,21,26)(H2,20,22,23). The summed E-state index contributed by atoms with van der Waals surface area (Å²) in [4.78, 5) is 21.3. The summed E-state index contributed by atoms with van der Waals surface area (Å²) in [5.74, 6) is 0.508. The van der Waals surface area contributed by atoms with Gasteiger partial charge in [-0.25, -0.2) is 4.98 Å². The molecule has 2 aromatic rings. The van der Waals surface area contributed by atoms with Gasteiger partial charge in [0, 0.05) is 25.6 Å². The van der Waals surface area contributed by atoms with E-state index >= 15 is 0 Å². The van der Waals surface area contributed by atoms with E-state index in [-0.39, 0.29) is 18.4 Å². The molecule has 0 saturated heterocycles. The van der Waals surface area contributed by atoms with E-state index in [0.717, 1.165) is 17.8 Å². The van der Waals surface area contributed by atoms with Gasteiger partial charge in [0.2, 0.25) is 0 Å². The van der Waals surface area contributed by atoms with E-state index in [4.69, 9.17) is 0 Å². The van der Waals surface area contributed by atoms with E-state index in [1.54, 1.807) is 5.51 Å².